The number of aromatic nitrogens is 2. The van der Waals surface area contributed by atoms with Gasteiger partial charge in [-0.1, -0.05) is 58.1 Å². The van der Waals surface area contributed by atoms with Crippen molar-refractivity contribution in [1.29, 1.82) is 0 Å². The minimum atomic E-state index is -0.188. The van der Waals surface area contributed by atoms with Gasteiger partial charge in [-0.3, -0.25) is 4.79 Å². The van der Waals surface area contributed by atoms with Crippen LogP contribution < -0.4 is 4.74 Å². The van der Waals surface area contributed by atoms with Crippen molar-refractivity contribution in [2.75, 3.05) is 0 Å². The van der Waals surface area contributed by atoms with Gasteiger partial charge in [-0.05, 0) is 36.6 Å². The fourth-order valence-electron chi connectivity index (χ4n) is 3.36. The molecular formula is C21H27ClN2O2. The van der Waals surface area contributed by atoms with Crippen molar-refractivity contribution >= 4 is 17.6 Å². The molecule has 0 bridgehead atoms. The van der Waals surface area contributed by atoms with Crippen LogP contribution in [0.15, 0.2) is 30.3 Å². The number of halogens is 1. The highest BCUT2D eigenvalue weighted by Gasteiger charge is 2.23. The first kappa shape index (κ1) is 19.0. The molecule has 0 atom stereocenters. The summed E-state index contributed by atoms with van der Waals surface area (Å²) in [5.41, 5.74) is 1.57. The molecular weight excluding hydrogens is 348 g/mol. The third kappa shape index (κ3) is 4.67. The van der Waals surface area contributed by atoms with Crippen molar-refractivity contribution in [3.63, 3.8) is 0 Å². The largest absolute Gasteiger partial charge is 0.407 e. The van der Waals surface area contributed by atoms with Crippen LogP contribution in [0.4, 0.5) is 0 Å². The zero-order valence-electron chi connectivity index (χ0n) is 15.8. The molecule has 1 aromatic heterocycles. The number of hydrogen-bond donors (Lipinski definition) is 0. The summed E-state index contributed by atoms with van der Waals surface area (Å²) in [6.45, 7) is 6.27. The molecule has 4 nitrogen and oxygen atoms in total. The van der Waals surface area contributed by atoms with E-state index in [9.17, 15) is 4.79 Å². The summed E-state index contributed by atoms with van der Waals surface area (Å²) >= 11 is 5.99. The van der Waals surface area contributed by atoms with Gasteiger partial charge in [0.2, 0.25) is 5.88 Å². The number of carbonyl (C=O) groups is 1. The molecule has 26 heavy (non-hydrogen) atoms. The van der Waals surface area contributed by atoms with Crippen LogP contribution in [0.25, 0.3) is 5.69 Å². The minimum Gasteiger partial charge on any atom is -0.407 e. The lowest BCUT2D eigenvalue weighted by Crippen LogP contribution is -2.13. The van der Waals surface area contributed by atoms with Crippen molar-refractivity contribution in [3.05, 3.63) is 41.0 Å². The summed E-state index contributed by atoms with van der Waals surface area (Å²) in [4.78, 5) is 12.4. The molecule has 0 amide bonds. The standard InChI is InChI=1S/C21H27ClN2O2/c1-21(2,3)18-14-19(24(23-18)17-11-9-16(22)10-12-17)26-20(25)13-8-15-6-4-5-7-15/h9-12,14-15H,4-8,13H2,1-3H3. The van der Waals surface area contributed by atoms with Crippen molar-refractivity contribution in [2.45, 2.75) is 64.7 Å². The van der Waals surface area contributed by atoms with E-state index in [-0.39, 0.29) is 11.4 Å². The molecule has 1 aromatic carbocycles. The van der Waals surface area contributed by atoms with Crippen LogP contribution in [0.1, 0.15) is 65.0 Å². The fraction of sp³-hybridized carbons (Fsp3) is 0.524. The quantitative estimate of drug-likeness (QED) is 0.630. The van der Waals surface area contributed by atoms with Gasteiger partial charge in [-0.2, -0.15) is 5.10 Å². The Kier molecular flexibility index (Phi) is 5.71. The van der Waals surface area contributed by atoms with Gasteiger partial charge in [0.15, 0.2) is 0 Å². The molecule has 0 N–H and O–H groups in total. The predicted molar refractivity (Wildman–Crippen MR) is 104 cm³/mol. The van der Waals surface area contributed by atoms with Gasteiger partial charge >= 0.3 is 5.97 Å². The number of nitrogens with zero attached hydrogens (tertiary/aromatic N) is 2. The maximum Gasteiger partial charge on any atom is 0.312 e. The number of hydrogen-bond acceptors (Lipinski definition) is 3. The van der Waals surface area contributed by atoms with E-state index in [1.165, 1.54) is 25.7 Å². The Hall–Kier alpha value is -1.81. The van der Waals surface area contributed by atoms with Crippen molar-refractivity contribution < 1.29 is 9.53 Å². The highest BCUT2D eigenvalue weighted by molar-refractivity contribution is 6.30. The van der Waals surface area contributed by atoms with E-state index in [2.05, 4.69) is 25.9 Å². The lowest BCUT2D eigenvalue weighted by atomic mass is 9.93. The van der Waals surface area contributed by atoms with E-state index in [4.69, 9.17) is 16.3 Å². The Balaban J connectivity index is 1.78. The second-order valence-electron chi connectivity index (χ2n) is 8.17. The van der Waals surface area contributed by atoms with E-state index in [0.717, 1.165) is 17.8 Å². The number of carbonyl (C=O) groups excluding carboxylic acids is 1. The second kappa shape index (κ2) is 7.83. The monoisotopic (exact) mass is 374 g/mol. The maximum absolute atomic E-state index is 12.4. The van der Waals surface area contributed by atoms with Crippen LogP contribution >= 0.6 is 11.6 Å². The normalized spacial score (nSPS) is 15.4. The lowest BCUT2D eigenvalue weighted by molar-refractivity contribution is -0.135. The Bertz CT molecular complexity index is 753. The van der Waals surface area contributed by atoms with E-state index < -0.39 is 0 Å². The first-order valence-electron chi connectivity index (χ1n) is 9.40. The van der Waals surface area contributed by atoms with Gasteiger partial charge in [0.1, 0.15) is 0 Å². The van der Waals surface area contributed by atoms with Crippen molar-refractivity contribution in [2.24, 2.45) is 5.92 Å². The molecule has 2 aromatic rings. The third-order valence-corrected chi connectivity index (χ3v) is 5.22. The van der Waals surface area contributed by atoms with Crippen LogP contribution in [-0.2, 0) is 10.2 Å². The minimum absolute atomic E-state index is 0.136. The van der Waals surface area contributed by atoms with Crippen LogP contribution in [0.2, 0.25) is 5.02 Å². The zero-order chi connectivity index (χ0) is 18.7. The van der Waals surface area contributed by atoms with Gasteiger partial charge in [0, 0.05) is 22.9 Å². The topological polar surface area (TPSA) is 44.1 Å². The van der Waals surface area contributed by atoms with Crippen LogP contribution in [-0.4, -0.2) is 15.7 Å². The number of benzene rings is 1. The molecule has 3 rings (SSSR count). The summed E-state index contributed by atoms with van der Waals surface area (Å²) in [6, 6.07) is 9.22. The van der Waals surface area contributed by atoms with E-state index in [1.54, 1.807) is 16.8 Å². The Morgan fingerprint density at radius 1 is 1.23 bits per heavy atom. The van der Waals surface area contributed by atoms with E-state index in [1.807, 2.05) is 18.2 Å². The number of rotatable bonds is 5. The Morgan fingerprint density at radius 2 is 1.88 bits per heavy atom. The summed E-state index contributed by atoms with van der Waals surface area (Å²) in [5.74, 6) is 0.954. The molecule has 0 spiro atoms. The summed E-state index contributed by atoms with van der Waals surface area (Å²) in [7, 11) is 0. The fourth-order valence-corrected chi connectivity index (χ4v) is 3.49. The SMILES string of the molecule is CC(C)(C)c1cc(OC(=O)CCC2CCCC2)n(-c2ccc(Cl)cc2)n1. The Labute approximate surface area is 160 Å². The Morgan fingerprint density at radius 3 is 2.50 bits per heavy atom. The van der Waals surface area contributed by atoms with Crippen LogP contribution in [0.5, 0.6) is 5.88 Å². The van der Waals surface area contributed by atoms with Gasteiger partial charge < -0.3 is 4.74 Å². The second-order valence-corrected chi connectivity index (χ2v) is 8.61. The van der Waals surface area contributed by atoms with Crippen molar-refractivity contribution in [3.8, 4) is 11.6 Å². The third-order valence-electron chi connectivity index (χ3n) is 4.97. The summed E-state index contributed by atoms with van der Waals surface area (Å²) in [6.07, 6.45) is 6.44. The number of ether oxygens (including phenoxy) is 1. The smallest absolute Gasteiger partial charge is 0.312 e. The molecule has 1 fully saturated rings. The van der Waals surface area contributed by atoms with E-state index in [0.29, 0.717) is 23.2 Å². The molecule has 0 aliphatic heterocycles. The predicted octanol–water partition coefficient (Wildman–Crippen LogP) is 5.70. The van der Waals surface area contributed by atoms with Gasteiger partial charge in [-0.25, -0.2) is 4.68 Å². The average Bonchev–Trinajstić information content (AvgIpc) is 3.23. The lowest BCUT2D eigenvalue weighted by Gasteiger charge is -2.13. The first-order valence-corrected chi connectivity index (χ1v) is 9.78. The molecule has 5 heteroatoms. The van der Waals surface area contributed by atoms with Crippen LogP contribution in [0.3, 0.4) is 0 Å². The summed E-state index contributed by atoms with van der Waals surface area (Å²) < 4.78 is 7.38. The number of esters is 1. The highest BCUT2D eigenvalue weighted by atomic mass is 35.5. The molecule has 140 valence electrons. The van der Waals surface area contributed by atoms with Gasteiger partial charge in [-0.15, -0.1) is 0 Å². The molecule has 0 unspecified atom stereocenters. The van der Waals surface area contributed by atoms with E-state index >= 15 is 0 Å². The first-order chi connectivity index (χ1) is 12.3. The summed E-state index contributed by atoms with van der Waals surface area (Å²) in [5, 5.41) is 5.33. The zero-order valence-corrected chi connectivity index (χ0v) is 16.6. The molecule has 1 aliphatic carbocycles. The molecule has 1 saturated carbocycles. The van der Waals surface area contributed by atoms with Crippen molar-refractivity contribution in [1.82, 2.24) is 9.78 Å². The maximum atomic E-state index is 12.4. The molecule has 0 radical (unpaired) electrons. The molecule has 0 saturated heterocycles. The molecule has 1 aliphatic rings. The van der Waals surface area contributed by atoms with Gasteiger partial charge in [0.25, 0.3) is 0 Å². The molecule has 1 heterocycles. The average molecular weight is 375 g/mol. The van der Waals surface area contributed by atoms with Crippen LogP contribution in [0, 0.1) is 5.92 Å². The van der Waals surface area contributed by atoms with Gasteiger partial charge in [0.05, 0.1) is 11.4 Å². The highest BCUT2D eigenvalue weighted by Crippen LogP contribution is 2.30.